The SMILES string of the molecule is COc1ccc(CN(Cc2ccc(OC)cc2OC)c2nc3cncc(N4CCC(O)C(C(=O)O)C4)c3o2)c(OC)c1. The number of oxazole rings is 1. The van der Waals surface area contributed by atoms with Crippen LogP contribution in [0.1, 0.15) is 17.5 Å². The van der Waals surface area contributed by atoms with E-state index >= 15 is 0 Å². The number of aliphatic hydroxyl groups is 1. The number of benzene rings is 2. The smallest absolute Gasteiger partial charge is 0.310 e. The number of ether oxygens (including phenoxy) is 4. The molecule has 0 amide bonds. The lowest BCUT2D eigenvalue weighted by atomic mass is 9.94. The van der Waals surface area contributed by atoms with Crippen LogP contribution in [-0.4, -0.2) is 73.8 Å². The number of hydrogen-bond acceptors (Lipinski definition) is 11. The number of aromatic nitrogens is 2. The molecule has 222 valence electrons. The van der Waals surface area contributed by atoms with Crippen molar-refractivity contribution in [3.05, 3.63) is 59.9 Å². The first-order valence-corrected chi connectivity index (χ1v) is 13.4. The third-order valence-corrected chi connectivity index (χ3v) is 7.48. The molecule has 2 N–H and O–H groups in total. The summed E-state index contributed by atoms with van der Waals surface area (Å²) in [6, 6.07) is 11.6. The van der Waals surface area contributed by atoms with Gasteiger partial charge in [-0.1, -0.05) is 0 Å². The van der Waals surface area contributed by atoms with E-state index in [4.69, 9.17) is 28.3 Å². The Labute approximate surface area is 243 Å². The second kappa shape index (κ2) is 12.4. The van der Waals surface area contributed by atoms with Gasteiger partial charge in [0.15, 0.2) is 5.58 Å². The van der Waals surface area contributed by atoms with Crippen molar-refractivity contribution in [3.63, 3.8) is 0 Å². The van der Waals surface area contributed by atoms with E-state index in [1.54, 1.807) is 40.8 Å². The summed E-state index contributed by atoms with van der Waals surface area (Å²) in [5, 5.41) is 19.8. The number of carbonyl (C=O) groups is 1. The Morgan fingerprint density at radius 1 is 0.976 bits per heavy atom. The molecule has 5 rings (SSSR count). The minimum absolute atomic E-state index is 0.128. The summed E-state index contributed by atoms with van der Waals surface area (Å²) in [4.78, 5) is 24.7. The molecular weight excluding hydrogens is 544 g/mol. The van der Waals surface area contributed by atoms with Gasteiger partial charge in [0.25, 0.3) is 6.01 Å². The van der Waals surface area contributed by atoms with E-state index < -0.39 is 18.0 Å². The second-order valence-corrected chi connectivity index (χ2v) is 9.96. The lowest BCUT2D eigenvalue weighted by Crippen LogP contribution is -2.46. The minimum Gasteiger partial charge on any atom is -0.497 e. The largest absolute Gasteiger partial charge is 0.497 e. The van der Waals surface area contributed by atoms with Crippen molar-refractivity contribution in [2.45, 2.75) is 25.6 Å². The van der Waals surface area contributed by atoms with Crippen molar-refractivity contribution in [3.8, 4) is 23.0 Å². The standard InChI is InChI=1S/C30H34N4O8/c1-38-20-7-5-18(26(11-20)40-3)15-34(16-19-6-8-21(39-2)12-27(19)41-4)30-32-23-13-31-14-24(28(23)42-30)33-10-9-25(35)22(17-33)29(36)37/h5-8,11-14,22,25,35H,9-10,15-17H2,1-4H3,(H,36,37). The normalized spacial score (nSPS) is 16.7. The predicted molar refractivity (Wildman–Crippen MR) is 155 cm³/mol. The molecule has 1 saturated heterocycles. The van der Waals surface area contributed by atoms with Crippen molar-refractivity contribution in [2.24, 2.45) is 5.92 Å². The van der Waals surface area contributed by atoms with Gasteiger partial charge in [0.2, 0.25) is 0 Å². The summed E-state index contributed by atoms with van der Waals surface area (Å²) in [5.41, 5.74) is 3.37. The molecule has 2 aromatic carbocycles. The fourth-order valence-corrected chi connectivity index (χ4v) is 5.16. The summed E-state index contributed by atoms with van der Waals surface area (Å²) >= 11 is 0. The van der Waals surface area contributed by atoms with Crippen LogP contribution in [0.5, 0.6) is 23.0 Å². The first kappa shape index (κ1) is 28.8. The Kier molecular flexibility index (Phi) is 8.53. The zero-order chi connectivity index (χ0) is 29.8. The predicted octanol–water partition coefficient (Wildman–Crippen LogP) is 3.74. The summed E-state index contributed by atoms with van der Waals surface area (Å²) in [6.45, 7) is 1.32. The number of rotatable bonds is 11. The number of anilines is 2. The number of carboxylic acid groups (broad SMARTS) is 1. The Bertz CT molecular complexity index is 1500. The molecule has 42 heavy (non-hydrogen) atoms. The molecule has 0 spiro atoms. The van der Waals surface area contributed by atoms with Crippen LogP contribution in [-0.2, 0) is 17.9 Å². The van der Waals surface area contributed by atoms with Crippen LogP contribution >= 0.6 is 0 Å². The molecule has 0 bridgehead atoms. The molecule has 2 aromatic heterocycles. The molecule has 1 aliphatic rings. The number of nitrogens with zero attached hydrogens (tertiary/aromatic N) is 4. The van der Waals surface area contributed by atoms with Crippen LogP contribution in [0.3, 0.4) is 0 Å². The zero-order valence-electron chi connectivity index (χ0n) is 23.9. The van der Waals surface area contributed by atoms with Crippen molar-refractivity contribution >= 4 is 28.8 Å². The van der Waals surface area contributed by atoms with Gasteiger partial charge in [-0.05, 0) is 30.7 Å². The van der Waals surface area contributed by atoms with E-state index in [0.29, 0.717) is 71.9 Å². The van der Waals surface area contributed by atoms with E-state index in [1.807, 2.05) is 46.2 Å². The molecule has 0 aliphatic carbocycles. The lowest BCUT2D eigenvalue weighted by Gasteiger charge is -2.35. The molecule has 0 radical (unpaired) electrons. The highest BCUT2D eigenvalue weighted by atomic mass is 16.5. The fraction of sp³-hybridized carbons (Fsp3) is 0.367. The van der Waals surface area contributed by atoms with Crippen LogP contribution in [0.2, 0.25) is 0 Å². The highest BCUT2D eigenvalue weighted by Gasteiger charge is 2.34. The number of fused-ring (bicyclic) bond motifs is 1. The van der Waals surface area contributed by atoms with E-state index in [2.05, 4.69) is 4.98 Å². The summed E-state index contributed by atoms with van der Waals surface area (Å²) in [5.74, 6) is 0.666. The maximum atomic E-state index is 11.8. The van der Waals surface area contributed by atoms with Gasteiger partial charge < -0.3 is 43.4 Å². The first-order valence-electron chi connectivity index (χ1n) is 13.4. The third kappa shape index (κ3) is 5.84. The van der Waals surface area contributed by atoms with Crippen LogP contribution in [0.15, 0.2) is 53.2 Å². The van der Waals surface area contributed by atoms with Crippen LogP contribution in [0.25, 0.3) is 11.1 Å². The van der Waals surface area contributed by atoms with Crippen LogP contribution in [0, 0.1) is 5.92 Å². The van der Waals surface area contributed by atoms with Gasteiger partial charge >= 0.3 is 5.97 Å². The highest BCUT2D eigenvalue weighted by molar-refractivity contribution is 5.87. The van der Waals surface area contributed by atoms with Crippen LogP contribution < -0.4 is 28.7 Å². The molecular formula is C30H34N4O8. The quantitative estimate of drug-likeness (QED) is 0.268. The molecule has 2 atom stereocenters. The molecule has 2 unspecified atom stereocenters. The van der Waals surface area contributed by atoms with Gasteiger partial charge in [-0.3, -0.25) is 9.78 Å². The van der Waals surface area contributed by atoms with Gasteiger partial charge in [0.1, 0.15) is 40.1 Å². The average Bonchev–Trinajstić information content (AvgIpc) is 3.46. The van der Waals surface area contributed by atoms with Crippen LogP contribution in [0.4, 0.5) is 11.7 Å². The molecule has 3 heterocycles. The van der Waals surface area contributed by atoms with Crippen molar-refractivity contribution in [1.29, 1.82) is 0 Å². The number of piperidine rings is 1. The number of aliphatic carboxylic acids is 1. The first-order chi connectivity index (χ1) is 20.3. The topological polar surface area (TPSA) is 140 Å². The van der Waals surface area contributed by atoms with E-state index in [9.17, 15) is 15.0 Å². The maximum absolute atomic E-state index is 11.8. The zero-order valence-corrected chi connectivity index (χ0v) is 23.9. The van der Waals surface area contributed by atoms with Gasteiger partial charge in [0, 0.05) is 36.3 Å². The summed E-state index contributed by atoms with van der Waals surface area (Å²) < 4.78 is 28.5. The third-order valence-electron chi connectivity index (χ3n) is 7.48. The Morgan fingerprint density at radius 2 is 1.60 bits per heavy atom. The molecule has 4 aromatic rings. The fourth-order valence-electron chi connectivity index (χ4n) is 5.16. The molecule has 0 saturated carbocycles. The molecule has 1 aliphatic heterocycles. The lowest BCUT2D eigenvalue weighted by molar-refractivity contribution is -0.146. The average molecular weight is 579 g/mol. The van der Waals surface area contributed by atoms with E-state index in [0.717, 1.165) is 11.1 Å². The number of aliphatic hydroxyl groups excluding tert-OH is 1. The molecule has 12 heteroatoms. The number of methoxy groups -OCH3 is 4. The van der Waals surface area contributed by atoms with Gasteiger partial charge in [-0.25, -0.2) is 0 Å². The summed E-state index contributed by atoms with van der Waals surface area (Å²) in [6.07, 6.45) is 2.65. The highest BCUT2D eigenvalue weighted by Crippen LogP contribution is 2.36. The van der Waals surface area contributed by atoms with Gasteiger partial charge in [-0.2, -0.15) is 4.98 Å². The Balaban J connectivity index is 1.55. The van der Waals surface area contributed by atoms with Gasteiger partial charge in [0.05, 0.1) is 60.0 Å². The summed E-state index contributed by atoms with van der Waals surface area (Å²) in [7, 11) is 6.41. The van der Waals surface area contributed by atoms with Crippen molar-refractivity contribution in [2.75, 3.05) is 51.3 Å². The van der Waals surface area contributed by atoms with Gasteiger partial charge in [-0.15, -0.1) is 0 Å². The number of hydrogen-bond donors (Lipinski definition) is 2. The molecule has 1 fully saturated rings. The van der Waals surface area contributed by atoms with E-state index in [1.165, 1.54) is 0 Å². The van der Waals surface area contributed by atoms with Crippen molar-refractivity contribution in [1.82, 2.24) is 9.97 Å². The minimum atomic E-state index is -1.04. The molecule has 12 nitrogen and oxygen atoms in total. The number of carboxylic acids is 1. The second-order valence-electron chi connectivity index (χ2n) is 9.96. The Morgan fingerprint density at radius 3 is 2.14 bits per heavy atom. The maximum Gasteiger partial charge on any atom is 0.310 e. The van der Waals surface area contributed by atoms with Crippen molar-refractivity contribution < 1.29 is 38.4 Å². The Hall–Kier alpha value is -4.71. The number of pyridine rings is 1. The van der Waals surface area contributed by atoms with E-state index in [-0.39, 0.29) is 6.54 Å². The monoisotopic (exact) mass is 578 g/mol.